The maximum absolute atomic E-state index is 5.59. The van der Waals surface area contributed by atoms with Crippen LogP contribution in [0.25, 0.3) is 0 Å². The van der Waals surface area contributed by atoms with E-state index >= 15 is 0 Å². The number of hydrogen-bond donors (Lipinski definition) is 0. The van der Waals surface area contributed by atoms with Gasteiger partial charge in [-0.2, -0.15) is 0 Å². The van der Waals surface area contributed by atoms with Gasteiger partial charge >= 0.3 is 30.3 Å². The van der Waals surface area contributed by atoms with Gasteiger partial charge in [0.05, 0.1) is 0 Å². The predicted octanol–water partition coefficient (Wildman–Crippen LogP) is 1.71. The van der Waals surface area contributed by atoms with Gasteiger partial charge in [0.25, 0.3) is 0 Å². The predicted molar refractivity (Wildman–Crippen MR) is 67.5 cm³/mol. The van der Waals surface area contributed by atoms with Crippen LogP contribution in [0.1, 0.15) is 40.0 Å². The fourth-order valence-corrected chi connectivity index (χ4v) is 4.70. The SMILES string of the molecule is CCC1[O][Al]([O]C(CC)[O][Al]2[O]C(CC)[O]2)[O]1.Cl. The molecule has 2 aliphatic heterocycles. The molecule has 6 nitrogen and oxygen atoms in total. The molecule has 0 radical (unpaired) electrons. The molecule has 0 unspecified atom stereocenters. The lowest BCUT2D eigenvalue weighted by Gasteiger charge is -2.37. The minimum atomic E-state index is -1.93. The first kappa shape index (κ1) is 17.2. The van der Waals surface area contributed by atoms with Crippen molar-refractivity contribution in [3.05, 3.63) is 0 Å². The number of halogens is 1. The van der Waals surface area contributed by atoms with Gasteiger partial charge in [-0.25, -0.2) is 0 Å². The van der Waals surface area contributed by atoms with Crippen LogP contribution in [-0.2, 0) is 22.7 Å². The zero-order valence-corrected chi connectivity index (χ0v) is 14.0. The standard InChI is InChI=1S/3C3H6O2.2Al.ClH/c3*1-2-3(4)5;;;/h3*3H,2H2,1H3;;;1H/q3*-2;2*+3;. The molecule has 0 aromatic heterocycles. The van der Waals surface area contributed by atoms with Crippen molar-refractivity contribution < 1.29 is 22.7 Å². The molecule has 0 aromatic rings. The topological polar surface area (TPSA) is 55.4 Å². The fraction of sp³-hybridized carbons (Fsp3) is 1.00. The van der Waals surface area contributed by atoms with Gasteiger partial charge < -0.3 is 22.7 Å². The molecule has 0 spiro atoms. The molecule has 0 N–H and O–H groups in total. The van der Waals surface area contributed by atoms with Crippen molar-refractivity contribution in [2.75, 3.05) is 0 Å². The molecule has 9 heteroatoms. The quantitative estimate of drug-likeness (QED) is 0.527. The summed E-state index contributed by atoms with van der Waals surface area (Å²) in [6.45, 7) is 6.01. The van der Waals surface area contributed by atoms with Crippen molar-refractivity contribution in [2.24, 2.45) is 0 Å². The van der Waals surface area contributed by atoms with E-state index in [2.05, 4.69) is 0 Å². The lowest BCUT2D eigenvalue weighted by Crippen LogP contribution is -2.53. The van der Waals surface area contributed by atoms with E-state index < -0.39 is 30.3 Å². The normalized spacial score (nSPS) is 20.7. The van der Waals surface area contributed by atoms with Crippen LogP contribution in [0, 0.1) is 0 Å². The number of hydrogen-bond acceptors (Lipinski definition) is 6. The van der Waals surface area contributed by atoms with Crippen molar-refractivity contribution >= 4 is 42.7 Å². The Morgan fingerprint density at radius 2 is 1.28 bits per heavy atom. The average Bonchev–Trinajstić information content (AvgIpc) is 2.24. The Bertz CT molecular complexity index is 215. The van der Waals surface area contributed by atoms with E-state index in [9.17, 15) is 0 Å². The van der Waals surface area contributed by atoms with Crippen LogP contribution in [0.5, 0.6) is 0 Å². The van der Waals surface area contributed by atoms with E-state index in [-0.39, 0.29) is 31.3 Å². The van der Waals surface area contributed by atoms with Gasteiger partial charge in [0.2, 0.25) is 0 Å². The molecule has 2 rings (SSSR count). The average molecular weight is 313 g/mol. The third kappa shape index (κ3) is 4.59. The van der Waals surface area contributed by atoms with Crippen LogP contribution in [0.3, 0.4) is 0 Å². The molecule has 0 aromatic carbocycles. The van der Waals surface area contributed by atoms with E-state index in [0.29, 0.717) is 0 Å². The molecule has 0 saturated carbocycles. The van der Waals surface area contributed by atoms with Gasteiger partial charge in [-0.3, -0.25) is 0 Å². The molecule has 104 valence electrons. The first-order valence-electron chi connectivity index (χ1n) is 6.17. The Kier molecular flexibility index (Phi) is 8.02. The smallest absolute Gasteiger partial charge is 0.432 e. The zero-order valence-electron chi connectivity index (χ0n) is 10.9. The minimum absolute atomic E-state index is 0. The highest BCUT2D eigenvalue weighted by atomic mass is 35.5. The summed E-state index contributed by atoms with van der Waals surface area (Å²) in [6.07, 6.45) is 1.96. The van der Waals surface area contributed by atoms with Gasteiger partial charge in [-0.1, -0.05) is 20.8 Å². The summed E-state index contributed by atoms with van der Waals surface area (Å²) in [5.41, 5.74) is 0. The molecule has 2 heterocycles. The molecule has 18 heavy (non-hydrogen) atoms. The summed E-state index contributed by atoms with van der Waals surface area (Å²) in [5, 5.41) is 0. The first-order valence-corrected chi connectivity index (χ1v) is 9.00. The fourth-order valence-electron chi connectivity index (χ4n) is 1.50. The van der Waals surface area contributed by atoms with Gasteiger partial charge in [0.15, 0.2) is 0 Å². The summed E-state index contributed by atoms with van der Waals surface area (Å²) < 4.78 is 33.0. The van der Waals surface area contributed by atoms with Gasteiger partial charge in [-0.05, 0) is 19.3 Å². The highest BCUT2D eigenvalue weighted by Gasteiger charge is 2.51. The van der Waals surface area contributed by atoms with Crippen molar-refractivity contribution in [2.45, 2.75) is 58.9 Å². The van der Waals surface area contributed by atoms with Crippen LogP contribution in [-0.4, -0.2) is 49.2 Å². The second-order valence-corrected chi connectivity index (χ2v) is 6.69. The monoisotopic (exact) mass is 312 g/mol. The van der Waals surface area contributed by atoms with Crippen molar-refractivity contribution in [1.29, 1.82) is 0 Å². The van der Waals surface area contributed by atoms with Crippen LogP contribution in [0.15, 0.2) is 0 Å². The van der Waals surface area contributed by atoms with Crippen LogP contribution in [0.4, 0.5) is 0 Å². The lowest BCUT2D eigenvalue weighted by atomic mass is 10.5. The third-order valence-electron chi connectivity index (χ3n) is 2.58. The van der Waals surface area contributed by atoms with E-state index in [4.69, 9.17) is 22.7 Å². The summed E-state index contributed by atoms with van der Waals surface area (Å²) in [5.74, 6) is 0. The first-order chi connectivity index (χ1) is 8.25. The zero-order chi connectivity index (χ0) is 12.3. The summed E-state index contributed by atoms with van der Waals surface area (Å²) in [4.78, 5) is 0. The third-order valence-corrected chi connectivity index (χ3v) is 5.73. The van der Waals surface area contributed by atoms with E-state index in [1.807, 2.05) is 20.8 Å². The summed E-state index contributed by atoms with van der Waals surface area (Å²) in [7, 11) is 0. The highest BCUT2D eigenvalue weighted by molar-refractivity contribution is 6.39. The Morgan fingerprint density at radius 3 is 1.56 bits per heavy atom. The van der Waals surface area contributed by atoms with E-state index in [0.717, 1.165) is 19.3 Å². The van der Waals surface area contributed by atoms with Crippen LogP contribution in [0.2, 0.25) is 0 Å². The van der Waals surface area contributed by atoms with Crippen molar-refractivity contribution in [1.82, 2.24) is 0 Å². The lowest BCUT2D eigenvalue weighted by molar-refractivity contribution is -0.210. The molecule has 0 atom stereocenters. The second-order valence-electron chi connectivity index (χ2n) is 3.91. The maximum atomic E-state index is 5.59. The maximum Gasteiger partial charge on any atom is 0.910 e. The molecule has 0 aliphatic carbocycles. The second kappa shape index (κ2) is 8.41. The Morgan fingerprint density at radius 1 is 0.889 bits per heavy atom. The van der Waals surface area contributed by atoms with Crippen molar-refractivity contribution in [3.8, 4) is 0 Å². The molecule has 0 bridgehead atoms. The van der Waals surface area contributed by atoms with Crippen molar-refractivity contribution in [3.63, 3.8) is 0 Å². The van der Waals surface area contributed by atoms with Crippen LogP contribution < -0.4 is 0 Å². The number of rotatable bonds is 7. The molecular formula is C9H19Al2ClO6. The summed E-state index contributed by atoms with van der Waals surface area (Å²) >= 11 is -3.87. The van der Waals surface area contributed by atoms with E-state index in [1.54, 1.807) is 0 Å². The van der Waals surface area contributed by atoms with Crippen LogP contribution >= 0.6 is 12.4 Å². The minimum Gasteiger partial charge on any atom is -0.432 e. The largest absolute Gasteiger partial charge is 0.910 e. The molecule has 0 amide bonds. The molecule has 2 saturated heterocycles. The van der Waals surface area contributed by atoms with E-state index in [1.165, 1.54) is 0 Å². The molecular weight excluding hydrogens is 294 g/mol. The van der Waals surface area contributed by atoms with Gasteiger partial charge in [0, 0.05) is 0 Å². The highest BCUT2D eigenvalue weighted by Crippen LogP contribution is 2.22. The molecule has 2 fully saturated rings. The van der Waals surface area contributed by atoms with Gasteiger partial charge in [-0.15, -0.1) is 12.4 Å². The Labute approximate surface area is 124 Å². The Hall–Kier alpha value is 1.11. The Balaban J connectivity index is 0.00000162. The molecule has 2 aliphatic rings. The summed E-state index contributed by atoms with van der Waals surface area (Å²) in [6, 6.07) is 0. The van der Waals surface area contributed by atoms with Gasteiger partial charge in [0.1, 0.15) is 18.9 Å².